The van der Waals surface area contributed by atoms with E-state index in [-0.39, 0.29) is 18.0 Å². The lowest BCUT2D eigenvalue weighted by Gasteiger charge is -2.08. The van der Waals surface area contributed by atoms with E-state index in [0.29, 0.717) is 22.5 Å². The van der Waals surface area contributed by atoms with E-state index in [0.717, 1.165) is 17.7 Å². The van der Waals surface area contributed by atoms with E-state index < -0.39 is 0 Å². The maximum Gasteiger partial charge on any atom is 0.315 e. The standard InChI is InChI=1S/C17H17Cl2N3OS/c18-13-3-1-2-11(15(13)19)12-6-14(12)22-17(23)20-7-10-8-24-16(21-10)9-4-5-9/h1-3,8-9,12,14H,4-7H2,(H2,20,22,23)/t12-,14+/m0/s1. The zero-order chi connectivity index (χ0) is 16.7. The largest absolute Gasteiger partial charge is 0.335 e. The molecule has 0 unspecified atom stereocenters. The number of carbonyl (C=O) groups is 1. The van der Waals surface area contributed by atoms with E-state index in [1.165, 1.54) is 17.8 Å². The fraction of sp³-hybridized carbons (Fsp3) is 0.412. The lowest BCUT2D eigenvalue weighted by Crippen LogP contribution is -2.37. The van der Waals surface area contributed by atoms with Gasteiger partial charge in [0.15, 0.2) is 0 Å². The Bertz CT molecular complexity index is 775. The van der Waals surface area contributed by atoms with Crippen molar-refractivity contribution >= 4 is 40.6 Å². The number of thiazole rings is 1. The highest BCUT2D eigenvalue weighted by Gasteiger charge is 2.41. The summed E-state index contributed by atoms with van der Waals surface area (Å²) in [6, 6.07) is 5.57. The Morgan fingerprint density at radius 3 is 2.96 bits per heavy atom. The molecule has 4 rings (SSSR count). The Balaban J connectivity index is 1.27. The number of nitrogens with zero attached hydrogens (tertiary/aromatic N) is 1. The van der Waals surface area contributed by atoms with E-state index in [2.05, 4.69) is 15.6 Å². The molecule has 2 saturated carbocycles. The van der Waals surface area contributed by atoms with Gasteiger partial charge in [0.2, 0.25) is 0 Å². The Kier molecular flexibility index (Phi) is 4.41. The first-order chi connectivity index (χ1) is 11.6. The molecule has 24 heavy (non-hydrogen) atoms. The number of urea groups is 1. The van der Waals surface area contributed by atoms with Crippen LogP contribution in [0.2, 0.25) is 10.0 Å². The van der Waals surface area contributed by atoms with Crippen molar-refractivity contribution in [3.63, 3.8) is 0 Å². The van der Waals surface area contributed by atoms with Gasteiger partial charge in [-0.2, -0.15) is 0 Å². The Morgan fingerprint density at radius 1 is 1.33 bits per heavy atom. The van der Waals surface area contributed by atoms with Crippen molar-refractivity contribution in [2.45, 2.75) is 43.7 Å². The Hall–Kier alpha value is -1.30. The summed E-state index contributed by atoms with van der Waals surface area (Å²) in [5.74, 6) is 0.898. The average molecular weight is 382 g/mol. The summed E-state index contributed by atoms with van der Waals surface area (Å²) in [7, 11) is 0. The molecule has 2 aliphatic carbocycles. The first-order valence-corrected chi connectivity index (χ1v) is 9.68. The zero-order valence-electron chi connectivity index (χ0n) is 12.9. The lowest BCUT2D eigenvalue weighted by atomic mass is 10.1. The average Bonchev–Trinajstić information content (AvgIpc) is 3.49. The highest BCUT2D eigenvalue weighted by molar-refractivity contribution is 7.09. The predicted molar refractivity (Wildman–Crippen MR) is 97.1 cm³/mol. The molecular formula is C17H17Cl2N3OS. The lowest BCUT2D eigenvalue weighted by molar-refractivity contribution is 0.240. The second kappa shape index (κ2) is 6.54. The van der Waals surface area contributed by atoms with Crippen LogP contribution in [0.15, 0.2) is 23.6 Å². The molecule has 0 aliphatic heterocycles. The molecule has 1 heterocycles. The number of nitrogens with one attached hydrogen (secondary N) is 2. The van der Waals surface area contributed by atoms with Gasteiger partial charge in [-0.1, -0.05) is 35.3 Å². The van der Waals surface area contributed by atoms with Gasteiger partial charge < -0.3 is 10.6 Å². The number of rotatable bonds is 5. The third-order valence-corrected chi connectivity index (χ3v) is 6.30. The summed E-state index contributed by atoms with van der Waals surface area (Å²) in [6.07, 6.45) is 3.38. The molecule has 2 fully saturated rings. The molecule has 7 heteroatoms. The molecule has 2 N–H and O–H groups in total. The molecule has 2 aliphatic rings. The van der Waals surface area contributed by atoms with Crippen molar-refractivity contribution in [2.75, 3.05) is 0 Å². The van der Waals surface area contributed by atoms with E-state index in [9.17, 15) is 4.79 Å². The smallest absolute Gasteiger partial charge is 0.315 e. The van der Waals surface area contributed by atoms with Crippen LogP contribution in [0, 0.1) is 0 Å². The molecule has 2 amide bonds. The fourth-order valence-corrected chi connectivity index (χ4v) is 4.26. The maximum atomic E-state index is 12.0. The monoisotopic (exact) mass is 381 g/mol. The Morgan fingerprint density at radius 2 is 2.17 bits per heavy atom. The molecule has 2 aromatic rings. The van der Waals surface area contributed by atoms with E-state index in [4.69, 9.17) is 23.2 Å². The van der Waals surface area contributed by atoms with Crippen LogP contribution < -0.4 is 10.6 Å². The van der Waals surface area contributed by atoms with E-state index in [1.807, 2.05) is 17.5 Å². The van der Waals surface area contributed by atoms with Gasteiger partial charge in [-0.25, -0.2) is 9.78 Å². The number of hydrogen-bond donors (Lipinski definition) is 2. The fourth-order valence-electron chi connectivity index (χ4n) is 2.82. The second-order valence-electron chi connectivity index (χ2n) is 6.37. The van der Waals surface area contributed by atoms with E-state index in [1.54, 1.807) is 17.4 Å². The molecule has 0 spiro atoms. The zero-order valence-corrected chi connectivity index (χ0v) is 15.2. The molecule has 126 valence electrons. The van der Waals surface area contributed by atoms with Crippen molar-refractivity contribution in [1.82, 2.24) is 15.6 Å². The minimum absolute atomic E-state index is 0.110. The topological polar surface area (TPSA) is 54.0 Å². The van der Waals surface area contributed by atoms with Crippen molar-refractivity contribution in [3.8, 4) is 0 Å². The third kappa shape index (κ3) is 3.53. The van der Waals surface area contributed by atoms with Crippen LogP contribution >= 0.6 is 34.5 Å². The summed E-state index contributed by atoms with van der Waals surface area (Å²) in [5, 5.41) is 10.2. The van der Waals surface area contributed by atoms with Gasteiger partial charge in [0, 0.05) is 23.3 Å². The van der Waals surface area contributed by atoms with Gasteiger partial charge in [0.1, 0.15) is 0 Å². The Labute approximate surface area is 154 Å². The number of halogens is 2. The van der Waals surface area contributed by atoms with Gasteiger partial charge in [-0.05, 0) is 30.9 Å². The van der Waals surface area contributed by atoms with Crippen LogP contribution in [0.4, 0.5) is 4.79 Å². The quantitative estimate of drug-likeness (QED) is 0.789. The molecular weight excluding hydrogens is 365 g/mol. The van der Waals surface area contributed by atoms with Crippen LogP contribution in [0.1, 0.15) is 47.4 Å². The van der Waals surface area contributed by atoms with Gasteiger partial charge in [-0.3, -0.25) is 0 Å². The van der Waals surface area contributed by atoms with Crippen LogP contribution in [0.25, 0.3) is 0 Å². The maximum absolute atomic E-state index is 12.0. The van der Waals surface area contributed by atoms with Crippen LogP contribution in [0.3, 0.4) is 0 Å². The highest BCUT2D eigenvalue weighted by atomic mass is 35.5. The summed E-state index contributed by atoms with van der Waals surface area (Å²) in [5.41, 5.74) is 1.94. The van der Waals surface area contributed by atoms with Gasteiger partial charge in [0.05, 0.1) is 27.3 Å². The van der Waals surface area contributed by atoms with Crippen molar-refractivity contribution in [3.05, 3.63) is 49.9 Å². The molecule has 4 nitrogen and oxygen atoms in total. The predicted octanol–water partition coefficient (Wildman–Crippen LogP) is 4.68. The van der Waals surface area contributed by atoms with Crippen LogP contribution in [0.5, 0.6) is 0 Å². The molecule has 0 bridgehead atoms. The number of benzene rings is 1. The summed E-state index contributed by atoms with van der Waals surface area (Å²) in [4.78, 5) is 16.6. The molecule has 2 atom stereocenters. The van der Waals surface area contributed by atoms with Gasteiger partial charge in [0.25, 0.3) is 0 Å². The second-order valence-corrected chi connectivity index (χ2v) is 8.04. The van der Waals surface area contributed by atoms with Crippen LogP contribution in [-0.2, 0) is 6.54 Å². The number of amides is 2. The van der Waals surface area contributed by atoms with Crippen molar-refractivity contribution < 1.29 is 4.79 Å². The van der Waals surface area contributed by atoms with Crippen LogP contribution in [-0.4, -0.2) is 17.1 Å². The summed E-state index contributed by atoms with van der Waals surface area (Å²) >= 11 is 14.0. The summed E-state index contributed by atoms with van der Waals surface area (Å²) < 4.78 is 0. The number of carbonyl (C=O) groups excluding carboxylic acids is 1. The molecule has 1 aromatic carbocycles. The minimum Gasteiger partial charge on any atom is -0.335 e. The number of hydrogen-bond acceptors (Lipinski definition) is 3. The molecule has 1 aromatic heterocycles. The summed E-state index contributed by atoms with van der Waals surface area (Å²) in [6.45, 7) is 0.463. The molecule has 0 saturated heterocycles. The van der Waals surface area contributed by atoms with Gasteiger partial charge >= 0.3 is 6.03 Å². The number of aromatic nitrogens is 1. The SMILES string of the molecule is O=C(NCc1csc(C2CC2)n1)N[C@@H]1C[C@H]1c1cccc(Cl)c1Cl. The van der Waals surface area contributed by atoms with E-state index >= 15 is 0 Å². The minimum atomic E-state index is -0.165. The normalized spacial score (nSPS) is 22.2. The molecule has 0 radical (unpaired) electrons. The van der Waals surface area contributed by atoms with Crippen molar-refractivity contribution in [1.29, 1.82) is 0 Å². The first-order valence-electron chi connectivity index (χ1n) is 8.04. The first kappa shape index (κ1) is 16.2. The third-order valence-electron chi connectivity index (χ3n) is 4.41. The highest BCUT2D eigenvalue weighted by Crippen LogP contribution is 2.45. The van der Waals surface area contributed by atoms with Gasteiger partial charge in [-0.15, -0.1) is 11.3 Å². The van der Waals surface area contributed by atoms with Crippen molar-refractivity contribution in [2.24, 2.45) is 0 Å².